The Hall–Kier alpha value is -8.72. The van der Waals surface area contributed by atoms with Crippen LogP contribution in [0, 0.1) is 17.8 Å². The van der Waals surface area contributed by atoms with E-state index in [1.54, 1.807) is 101 Å². The average molecular weight is 1050 g/mol. The highest BCUT2D eigenvalue weighted by Gasteiger charge is 2.60. The summed E-state index contributed by atoms with van der Waals surface area (Å²) in [4.78, 5) is 49.8. The molecule has 3 aromatic carbocycles. The van der Waals surface area contributed by atoms with Gasteiger partial charge in [0.15, 0.2) is 5.69 Å². The Kier molecular flexibility index (Phi) is 12.8. The Balaban J connectivity index is 0.000000120. The standard InChI is InChI=1S/2C18H17N5O2.C18H16N4O2.C2H6O.CH4/c2*1-22-6-5-12-13(3-2-4-14(12)17(22)24)16(20-25)15-10-23(21-19-15)18-7-11(8-18)9-18;1-21-6-5-12-13(3-2-4-14(12)17(21)24)16(23)15-10-22(20-19-15)18-7-11(8-18)9-18;1-2-3;/h2*2-6,10-11,25H,7-9H2,1H3;2-6,10-11H,7-9H2,1H3;3H,2H2,1H3;1H4/b20-16+;20-16-;;;. The minimum absolute atomic E-state index is 0. The van der Waals surface area contributed by atoms with Gasteiger partial charge >= 0.3 is 0 Å². The average Bonchev–Trinajstić information content (AvgIpc) is 4.30. The maximum Gasteiger partial charge on any atom is 0.258 e. The summed E-state index contributed by atoms with van der Waals surface area (Å²) in [6, 6.07) is 21.5. The van der Waals surface area contributed by atoms with Gasteiger partial charge in [0, 0.05) is 79.2 Å². The van der Waals surface area contributed by atoms with Crippen LogP contribution in [0.3, 0.4) is 0 Å². The second-order valence-corrected chi connectivity index (χ2v) is 21.8. The highest BCUT2D eigenvalue weighted by atomic mass is 16.4. The van der Waals surface area contributed by atoms with Crippen molar-refractivity contribution in [2.75, 3.05) is 6.61 Å². The minimum atomic E-state index is -0.188. The molecule has 9 aliphatic rings. The summed E-state index contributed by atoms with van der Waals surface area (Å²) in [5.41, 5.74) is 3.95. The molecule has 3 N–H and O–H groups in total. The molecule has 18 rings (SSSR count). The van der Waals surface area contributed by atoms with Crippen LogP contribution in [0.4, 0.5) is 0 Å². The molecule has 0 aliphatic heterocycles. The number of carbonyl (C=O) groups excluding carboxylic acids is 1. The van der Waals surface area contributed by atoms with E-state index in [0.717, 1.165) is 86.3 Å². The molecule has 0 radical (unpaired) electrons. The number of fused-ring (bicyclic) bond motifs is 3. The van der Waals surface area contributed by atoms with Crippen LogP contribution in [-0.2, 0) is 37.8 Å². The van der Waals surface area contributed by atoms with Crippen LogP contribution < -0.4 is 16.7 Å². The molecule has 9 aromatic rings. The van der Waals surface area contributed by atoms with E-state index in [1.165, 1.54) is 13.7 Å². The number of rotatable bonds is 9. The Morgan fingerprint density at radius 2 is 0.795 bits per heavy atom. The lowest BCUT2D eigenvalue weighted by atomic mass is 9.50. The summed E-state index contributed by atoms with van der Waals surface area (Å²) in [6.45, 7) is 1.93. The van der Waals surface area contributed by atoms with Crippen molar-refractivity contribution in [3.8, 4) is 0 Å². The summed E-state index contributed by atoms with van der Waals surface area (Å²) in [5.74, 6) is 2.33. The Morgan fingerprint density at radius 1 is 0.500 bits per heavy atom. The van der Waals surface area contributed by atoms with Crippen molar-refractivity contribution in [1.29, 1.82) is 0 Å². The van der Waals surface area contributed by atoms with Crippen LogP contribution in [0.25, 0.3) is 32.3 Å². The highest BCUT2D eigenvalue weighted by Crippen LogP contribution is 2.63. The number of aliphatic hydroxyl groups excluding tert-OH is 1. The molecular weight excluding hydrogens is 993 g/mol. The van der Waals surface area contributed by atoms with Gasteiger partial charge in [0.05, 0.1) is 35.2 Å². The fraction of sp³-hybridized carbons (Fsp3) is 0.368. The van der Waals surface area contributed by atoms with Gasteiger partial charge < -0.3 is 29.2 Å². The molecule has 6 aromatic heterocycles. The van der Waals surface area contributed by atoms with Crippen molar-refractivity contribution in [3.05, 3.63) is 175 Å². The van der Waals surface area contributed by atoms with Gasteiger partial charge in [-0.3, -0.25) is 19.2 Å². The van der Waals surface area contributed by atoms with E-state index in [9.17, 15) is 29.6 Å². The van der Waals surface area contributed by atoms with Crippen LogP contribution in [0.1, 0.15) is 111 Å². The van der Waals surface area contributed by atoms with Gasteiger partial charge in [-0.05, 0) is 135 Å². The zero-order chi connectivity index (χ0) is 53.5. The number of oxime groups is 2. The van der Waals surface area contributed by atoms with E-state index < -0.39 is 0 Å². The third-order valence-corrected chi connectivity index (χ3v) is 17.0. The zero-order valence-corrected chi connectivity index (χ0v) is 42.9. The van der Waals surface area contributed by atoms with Gasteiger partial charge in [0.2, 0.25) is 5.78 Å². The molecular formula is C57H60N14O7. The maximum atomic E-state index is 12.9. The third-order valence-electron chi connectivity index (χ3n) is 17.0. The number of aryl methyl sites for hydroxylation is 3. The fourth-order valence-corrected chi connectivity index (χ4v) is 12.3. The lowest BCUT2D eigenvalue weighted by Gasteiger charge is -2.61. The van der Waals surface area contributed by atoms with Gasteiger partial charge in [-0.2, -0.15) is 0 Å². The first-order valence-electron chi connectivity index (χ1n) is 25.9. The van der Waals surface area contributed by atoms with Gasteiger partial charge in [-0.25, -0.2) is 14.0 Å². The molecule has 0 spiro atoms. The number of carbonyl (C=O) groups is 1. The largest absolute Gasteiger partial charge is 0.410 e. The highest BCUT2D eigenvalue weighted by molar-refractivity contribution is 6.19. The molecule has 400 valence electrons. The third kappa shape index (κ3) is 8.16. The van der Waals surface area contributed by atoms with E-state index >= 15 is 0 Å². The number of pyridine rings is 3. The van der Waals surface area contributed by atoms with E-state index in [0.29, 0.717) is 66.7 Å². The molecule has 9 aliphatic carbocycles. The van der Waals surface area contributed by atoms with Crippen molar-refractivity contribution in [2.45, 2.75) is 88.8 Å². The zero-order valence-electron chi connectivity index (χ0n) is 42.9. The Morgan fingerprint density at radius 3 is 1.10 bits per heavy atom. The Labute approximate surface area is 446 Å². The molecule has 0 amide bonds. The number of nitrogens with zero attached hydrogens (tertiary/aromatic N) is 14. The van der Waals surface area contributed by atoms with E-state index in [-0.39, 0.29) is 53.1 Å². The van der Waals surface area contributed by atoms with Crippen LogP contribution in [0.2, 0.25) is 0 Å². The molecule has 6 bridgehead atoms. The first kappa shape index (κ1) is 51.4. The van der Waals surface area contributed by atoms with Crippen molar-refractivity contribution in [1.82, 2.24) is 58.7 Å². The molecule has 6 heterocycles. The lowest BCUT2D eigenvalue weighted by molar-refractivity contribution is -0.0989. The van der Waals surface area contributed by atoms with E-state index in [2.05, 4.69) is 41.2 Å². The predicted molar refractivity (Wildman–Crippen MR) is 291 cm³/mol. The quantitative estimate of drug-likeness (QED) is 0.0627. The van der Waals surface area contributed by atoms with Crippen LogP contribution >= 0.6 is 0 Å². The molecule has 9 saturated carbocycles. The molecule has 0 atom stereocenters. The van der Waals surface area contributed by atoms with Gasteiger partial charge in [-0.1, -0.05) is 69.8 Å². The molecule has 21 heteroatoms. The normalized spacial score (nSPS) is 23.7. The summed E-state index contributed by atoms with van der Waals surface area (Å²) in [5, 5.41) is 62.9. The second kappa shape index (κ2) is 19.4. The molecule has 9 fully saturated rings. The number of ketones is 1. The number of benzene rings is 3. The summed E-state index contributed by atoms with van der Waals surface area (Å²) in [6.07, 6.45) is 21.0. The number of hydrogen-bond acceptors (Lipinski definition) is 15. The SMILES string of the molecule is C.CCO.Cn1ccc2c(/C(=N/O)c3cn(C45CC(C4)C5)nn3)cccc2c1=O.Cn1ccc2c(/C(=N\O)c3cn(C45CC(C4)C5)nn3)cccc2c1=O.Cn1ccc2c(C(=O)c3cn(C45CC(C4)C5)nn3)cccc2c1=O. The predicted octanol–water partition coefficient (Wildman–Crippen LogP) is 6.24. The molecule has 21 nitrogen and oxygen atoms in total. The van der Waals surface area contributed by atoms with Gasteiger partial charge in [-0.15, -0.1) is 15.3 Å². The second-order valence-electron chi connectivity index (χ2n) is 21.8. The topological polar surface area (TPSA) is 261 Å². The summed E-state index contributed by atoms with van der Waals surface area (Å²) < 4.78 is 10.3. The van der Waals surface area contributed by atoms with Crippen molar-refractivity contribution < 1.29 is 20.3 Å². The lowest BCUT2D eigenvalue weighted by Crippen LogP contribution is -2.59. The molecule has 0 unspecified atom stereocenters. The van der Waals surface area contributed by atoms with Gasteiger partial charge in [0.25, 0.3) is 16.7 Å². The monoisotopic (exact) mass is 1050 g/mol. The van der Waals surface area contributed by atoms with E-state index in [1.807, 2.05) is 50.7 Å². The Bertz CT molecular complexity index is 3880. The van der Waals surface area contributed by atoms with Gasteiger partial charge in [0.1, 0.15) is 22.8 Å². The molecule has 0 saturated heterocycles. The van der Waals surface area contributed by atoms with Crippen LogP contribution in [0.15, 0.2) is 135 Å². The maximum absolute atomic E-state index is 12.9. The number of aliphatic hydroxyl groups is 1. The number of aromatic nitrogens is 12. The van der Waals surface area contributed by atoms with Crippen molar-refractivity contribution >= 4 is 49.5 Å². The molecule has 78 heavy (non-hydrogen) atoms. The fourth-order valence-electron chi connectivity index (χ4n) is 12.3. The summed E-state index contributed by atoms with van der Waals surface area (Å²) >= 11 is 0. The first-order chi connectivity index (χ1) is 37.2. The number of hydrogen-bond donors (Lipinski definition) is 3. The van der Waals surface area contributed by atoms with Crippen LogP contribution in [0.5, 0.6) is 0 Å². The smallest absolute Gasteiger partial charge is 0.258 e. The van der Waals surface area contributed by atoms with Crippen LogP contribution in [-0.4, -0.2) is 98.0 Å². The van der Waals surface area contributed by atoms with Crippen molar-refractivity contribution in [2.24, 2.45) is 49.2 Å². The summed E-state index contributed by atoms with van der Waals surface area (Å²) in [7, 11) is 5.13. The minimum Gasteiger partial charge on any atom is -0.410 e. The first-order valence-corrected chi connectivity index (χ1v) is 25.9. The van der Waals surface area contributed by atoms with E-state index in [4.69, 9.17) is 5.11 Å². The van der Waals surface area contributed by atoms with Crippen molar-refractivity contribution in [3.63, 3.8) is 0 Å².